The number of aliphatic hydroxyl groups excluding tert-OH is 1. The number of aliphatic hydroxyl groups is 1. The van der Waals surface area contributed by atoms with Crippen LogP contribution in [0.25, 0.3) is 0 Å². The molecule has 15 heavy (non-hydrogen) atoms. The number of hydrogen-bond acceptors (Lipinski definition) is 5. The Hall–Kier alpha value is -0.910. The highest BCUT2D eigenvalue weighted by Gasteiger charge is 2.11. The summed E-state index contributed by atoms with van der Waals surface area (Å²) in [4.78, 5) is 0. The van der Waals surface area contributed by atoms with Gasteiger partial charge in [0.1, 0.15) is 5.76 Å². The largest absolute Gasteiger partial charge is 0.395 e. The average molecular weight is 214 g/mol. The van der Waals surface area contributed by atoms with Crippen molar-refractivity contribution in [3.8, 4) is 0 Å². The van der Waals surface area contributed by atoms with Gasteiger partial charge in [0.05, 0.1) is 24.9 Å². The van der Waals surface area contributed by atoms with Crippen molar-refractivity contribution in [3.05, 3.63) is 17.0 Å². The molecule has 0 aliphatic heterocycles. The van der Waals surface area contributed by atoms with Gasteiger partial charge in [-0.05, 0) is 13.8 Å². The smallest absolute Gasteiger partial charge is 0.138 e. The van der Waals surface area contributed by atoms with E-state index in [9.17, 15) is 0 Å². The first kappa shape index (κ1) is 12.2. The minimum Gasteiger partial charge on any atom is -0.395 e. The predicted molar refractivity (Wildman–Crippen MR) is 55.6 cm³/mol. The van der Waals surface area contributed by atoms with Crippen molar-refractivity contribution in [3.63, 3.8) is 0 Å². The van der Waals surface area contributed by atoms with Gasteiger partial charge < -0.3 is 19.7 Å². The van der Waals surface area contributed by atoms with Gasteiger partial charge >= 0.3 is 0 Å². The third-order valence-electron chi connectivity index (χ3n) is 2.34. The molecule has 0 fully saturated rings. The molecule has 1 unspecified atom stereocenters. The molecule has 0 bridgehead atoms. The number of methoxy groups -OCH3 is 1. The molecule has 1 atom stereocenters. The Morgan fingerprint density at radius 3 is 2.73 bits per heavy atom. The molecule has 1 rings (SSSR count). The second kappa shape index (κ2) is 5.85. The minimum atomic E-state index is -0.0521. The normalized spacial score (nSPS) is 13.1. The molecule has 0 radical (unpaired) electrons. The van der Waals surface area contributed by atoms with Crippen LogP contribution < -0.4 is 5.32 Å². The summed E-state index contributed by atoms with van der Waals surface area (Å²) in [5.74, 6) is 0.814. The molecule has 0 aliphatic rings. The van der Waals surface area contributed by atoms with Crippen molar-refractivity contribution in [2.24, 2.45) is 0 Å². The maximum atomic E-state index is 9.04. The molecule has 0 saturated carbocycles. The zero-order chi connectivity index (χ0) is 11.3. The lowest BCUT2D eigenvalue weighted by molar-refractivity contribution is 0.128. The minimum absolute atomic E-state index is 0.0521. The molecule has 5 heteroatoms. The molecule has 0 aliphatic carbocycles. The maximum absolute atomic E-state index is 9.04. The Morgan fingerprint density at radius 2 is 2.27 bits per heavy atom. The van der Waals surface area contributed by atoms with E-state index in [0.29, 0.717) is 13.2 Å². The number of ether oxygens (including phenoxy) is 1. The Labute approximate surface area is 89.4 Å². The highest BCUT2D eigenvalue weighted by atomic mass is 16.5. The molecule has 86 valence electrons. The highest BCUT2D eigenvalue weighted by molar-refractivity contribution is 5.20. The van der Waals surface area contributed by atoms with Gasteiger partial charge in [-0.15, -0.1) is 0 Å². The summed E-state index contributed by atoms with van der Waals surface area (Å²) in [5.41, 5.74) is 1.93. The van der Waals surface area contributed by atoms with E-state index in [1.54, 1.807) is 7.11 Å². The summed E-state index contributed by atoms with van der Waals surface area (Å²) in [6.07, 6.45) is 0. The standard InChI is InChI=1S/C10H18N2O3/c1-7-10(8(2)15-12-7)4-11-9(5-13)6-14-3/h9,11,13H,4-6H2,1-3H3. The highest BCUT2D eigenvalue weighted by Crippen LogP contribution is 2.11. The van der Waals surface area contributed by atoms with Crippen LogP contribution in [0.3, 0.4) is 0 Å². The van der Waals surface area contributed by atoms with Crippen LogP contribution in [0.4, 0.5) is 0 Å². The second-order valence-electron chi connectivity index (χ2n) is 3.52. The number of aromatic nitrogens is 1. The van der Waals surface area contributed by atoms with Crippen LogP contribution >= 0.6 is 0 Å². The molecule has 1 aromatic rings. The quantitative estimate of drug-likeness (QED) is 0.717. The SMILES string of the molecule is COCC(CO)NCc1c(C)noc1C. The number of nitrogens with zero attached hydrogens (tertiary/aromatic N) is 1. The third kappa shape index (κ3) is 3.30. The van der Waals surface area contributed by atoms with Crippen LogP contribution in [0.1, 0.15) is 17.0 Å². The van der Waals surface area contributed by atoms with Crippen molar-refractivity contribution in [2.75, 3.05) is 20.3 Å². The van der Waals surface area contributed by atoms with Crippen LogP contribution in [0, 0.1) is 13.8 Å². The van der Waals surface area contributed by atoms with Crippen molar-refractivity contribution in [1.29, 1.82) is 0 Å². The van der Waals surface area contributed by atoms with E-state index in [0.717, 1.165) is 17.0 Å². The first-order chi connectivity index (χ1) is 7.19. The van der Waals surface area contributed by atoms with Crippen LogP contribution in [-0.4, -0.2) is 36.6 Å². The summed E-state index contributed by atoms with van der Waals surface area (Å²) in [7, 11) is 1.61. The zero-order valence-electron chi connectivity index (χ0n) is 9.41. The van der Waals surface area contributed by atoms with E-state index in [-0.39, 0.29) is 12.6 Å². The Kier molecular flexibility index (Phi) is 4.74. The third-order valence-corrected chi connectivity index (χ3v) is 2.34. The fourth-order valence-electron chi connectivity index (χ4n) is 1.38. The molecule has 5 nitrogen and oxygen atoms in total. The van der Waals surface area contributed by atoms with Gasteiger partial charge in [0.25, 0.3) is 0 Å². The molecule has 0 amide bonds. The summed E-state index contributed by atoms with van der Waals surface area (Å²) < 4.78 is 10.0. The lowest BCUT2D eigenvalue weighted by atomic mass is 10.2. The summed E-state index contributed by atoms with van der Waals surface area (Å²) >= 11 is 0. The van der Waals surface area contributed by atoms with Crippen LogP contribution in [0.15, 0.2) is 4.52 Å². The summed E-state index contributed by atoms with van der Waals surface area (Å²) in [5, 5.41) is 16.1. The van der Waals surface area contributed by atoms with Gasteiger partial charge in [-0.2, -0.15) is 0 Å². The second-order valence-corrected chi connectivity index (χ2v) is 3.52. The summed E-state index contributed by atoms with van der Waals surface area (Å²) in [6, 6.07) is -0.0521. The number of rotatable bonds is 6. The Bertz CT molecular complexity index is 279. The van der Waals surface area contributed by atoms with Crippen molar-refractivity contribution < 1.29 is 14.4 Å². The molecule has 2 N–H and O–H groups in total. The molecule has 0 saturated heterocycles. The number of aryl methyl sites for hydroxylation is 2. The van der Waals surface area contributed by atoms with E-state index in [1.165, 1.54) is 0 Å². The lowest BCUT2D eigenvalue weighted by Gasteiger charge is -2.14. The van der Waals surface area contributed by atoms with E-state index in [1.807, 2.05) is 13.8 Å². The topological polar surface area (TPSA) is 67.5 Å². The molecule has 1 heterocycles. The van der Waals surface area contributed by atoms with Gasteiger partial charge in [0, 0.05) is 19.2 Å². The molecule has 0 spiro atoms. The van der Waals surface area contributed by atoms with E-state index >= 15 is 0 Å². The molecule has 1 aromatic heterocycles. The summed E-state index contributed by atoms with van der Waals surface area (Å²) in [6.45, 7) is 4.95. The molecule has 0 aromatic carbocycles. The van der Waals surface area contributed by atoms with Crippen molar-refractivity contribution >= 4 is 0 Å². The number of hydrogen-bond donors (Lipinski definition) is 2. The van der Waals surface area contributed by atoms with Gasteiger partial charge in [-0.25, -0.2) is 0 Å². The van der Waals surface area contributed by atoms with Crippen molar-refractivity contribution in [2.45, 2.75) is 26.4 Å². The van der Waals surface area contributed by atoms with Gasteiger partial charge in [0.15, 0.2) is 0 Å². The first-order valence-electron chi connectivity index (χ1n) is 4.94. The average Bonchev–Trinajstić information content (AvgIpc) is 2.54. The molecular formula is C10H18N2O3. The Balaban J connectivity index is 2.48. The van der Waals surface area contributed by atoms with Gasteiger partial charge in [0.2, 0.25) is 0 Å². The monoisotopic (exact) mass is 214 g/mol. The fourth-order valence-corrected chi connectivity index (χ4v) is 1.38. The van der Waals surface area contributed by atoms with Crippen LogP contribution in [0.2, 0.25) is 0 Å². The van der Waals surface area contributed by atoms with Crippen LogP contribution in [0.5, 0.6) is 0 Å². The van der Waals surface area contributed by atoms with Gasteiger partial charge in [-0.3, -0.25) is 0 Å². The lowest BCUT2D eigenvalue weighted by Crippen LogP contribution is -2.36. The van der Waals surface area contributed by atoms with E-state index < -0.39 is 0 Å². The predicted octanol–water partition coefficient (Wildman–Crippen LogP) is 0.388. The van der Waals surface area contributed by atoms with Crippen molar-refractivity contribution in [1.82, 2.24) is 10.5 Å². The van der Waals surface area contributed by atoms with E-state index in [2.05, 4.69) is 10.5 Å². The maximum Gasteiger partial charge on any atom is 0.138 e. The first-order valence-corrected chi connectivity index (χ1v) is 4.94. The van der Waals surface area contributed by atoms with E-state index in [4.69, 9.17) is 14.4 Å². The van der Waals surface area contributed by atoms with Crippen LogP contribution in [-0.2, 0) is 11.3 Å². The van der Waals surface area contributed by atoms with Gasteiger partial charge in [-0.1, -0.05) is 5.16 Å². The zero-order valence-corrected chi connectivity index (χ0v) is 9.41. The fraction of sp³-hybridized carbons (Fsp3) is 0.700. The molecular weight excluding hydrogens is 196 g/mol. The Morgan fingerprint density at radius 1 is 1.53 bits per heavy atom. The number of nitrogens with one attached hydrogen (secondary N) is 1.